The zero-order valence-corrected chi connectivity index (χ0v) is 6.33. The zero-order valence-electron chi connectivity index (χ0n) is 5.52. The fourth-order valence-corrected chi connectivity index (χ4v) is 1.66. The van der Waals surface area contributed by atoms with Crippen LogP contribution in [0.1, 0.15) is 6.42 Å². The maximum atomic E-state index is 10.6. The van der Waals surface area contributed by atoms with Crippen LogP contribution >= 0.6 is 0 Å². The van der Waals surface area contributed by atoms with Crippen molar-refractivity contribution in [3.05, 3.63) is 0 Å². The molecule has 1 rings (SSSR count). The van der Waals surface area contributed by atoms with Gasteiger partial charge in [-0.1, -0.05) is 0 Å². The lowest BCUT2D eigenvalue weighted by Gasteiger charge is -2.05. The summed E-state index contributed by atoms with van der Waals surface area (Å²) in [6.45, 7) is 2.01. The van der Waals surface area contributed by atoms with Crippen LogP contribution < -0.4 is 10.0 Å². The van der Waals surface area contributed by atoms with E-state index in [4.69, 9.17) is 0 Å². The molecule has 1 fully saturated rings. The van der Waals surface area contributed by atoms with Crippen molar-refractivity contribution >= 4 is 11.0 Å². The molecule has 1 saturated heterocycles. The molecule has 0 aromatic carbocycles. The number of hydrogen-bond donors (Lipinski definition) is 2. The third-order valence-corrected chi connectivity index (χ3v) is 2.06. The van der Waals surface area contributed by atoms with E-state index < -0.39 is 11.0 Å². The van der Waals surface area contributed by atoms with Crippen LogP contribution in [0.5, 0.6) is 0 Å². The van der Waals surface area contributed by atoms with Crippen LogP contribution in [-0.2, 0) is 11.0 Å². The van der Waals surface area contributed by atoms with E-state index in [1.807, 2.05) is 0 Å². The van der Waals surface area contributed by atoms with Gasteiger partial charge in [-0.15, -0.1) is 0 Å². The Morgan fingerprint density at radius 1 is 1.78 bits per heavy atom. The highest BCUT2D eigenvalue weighted by Crippen LogP contribution is 1.96. The lowest BCUT2D eigenvalue weighted by atomic mass is 10.3. The van der Waals surface area contributed by atoms with Crippen LogP contribution in [0.15, 0.2) is 0 Å². The largest absolute Gasteiger partial charge is 0.315 e. The van der Waals surface area contributed by atoms with Gasteiger partial charge in [-0.05, 0) is 13.0 Å². The molecule has 0 aromatic heterocycles. The van der Waals surface area contributed by atoms with Gasteiger partial charge >= 0.3 is 0 Å². The molecule has 0 radical (unpaired) electrons. The average Bonchev–Trinajstić information content (AvgIpc) is 2.15. The molecule has 0 spiro atoms. The molecule has 1 heterocycles. The quantitative estimate of drug-likeness (QED) is 0.540. The Balaban J connectivity index is 2.19. The first-order valence-corrected chi connectivity index (χ1v) is 4.65. The smallest absolute Gasteiger partial charge is 0.0886 e. The van der Waals surface area contributed by atoms with E-state index >= 15 is 0 Å². The highest BCUT2D eigenvalue weighted by Gasteiger charge is 2.13. The molecule has 4 heteroatoms. The summed E-state index contributed by atoms with van der Waals surface area (Å²) in [6, 6.07) is 0.427. The van der Waals surface area contributed by atoms with Crippen molar-refractivity contribution < 1.29 is 4.21 Å². The van der Waals surface area contributed by atoms with Crippen LogP contribution in [0.25, 0.3) is 0 Å². The van der Waals surface area contributed by atoms with E-state index in [9.17, 15) is 4.21 Å². The fraction of sp³-hybridized carbons (Fsp3) is 1.00. The van der Waals surface area contributed by atoms with Gasteiger partial charge in [0.15, 0.2) is 0 Å². The molecule has 0 aliphatic carbocycles. The Morgan fingerprint density at radius 3 is 3.00 bits per heavy atom. The van der Waals surface area contributed by atoms with Crippen LogP contribution in [0, 0.1) is 0 Å². The van der Waals surface area contributed by atoms with Gasteiger partial charge in [0.1, 0.15) is 0 Å². The maximum Gasteiger partial charge on any atom is 0.0886 e. The van der Waals surface area contributed by atoms with E-state index in [0.717, 1.165) is 19.5 Å². The predicted molar refractivity (Wildman–Crippen MR) is 38.5 cm³/mol. The van der Waals surface area contributed by atoms with Gasteiger partial charge in [-0.2, -0.15) is 0 Å². The Hall–Kier alpha value is 0.0700. The fourth-order valence-electron chi connectivity index (χ4n) is 0.990. The summed E-state index contributed by atoms with van der Waals surface area (Å²) in [7, 11) is -0.845. The third-order valence-electron chi connectivity index (χ3n) is 1.39. The second kappa shape index (κ2) is 3.29. The van der Waals surface area contributed by atoms with Crippen molar-refractivity contribution in [2.75, 3.05) is 19.3 Å². The summed E-state index contributed by atoms with van der Waals surface area (Å²) in [4.78, 5) is 0. The molecular formula is C5H12N2OS. The number of nitrogens with one attached hydrogen (secondary N) is 2. The molecule has 3 nitrogen and oxygen atoms in total. The Bertz CT molecular complexity index is 112. The van der Waals surface area contributed by atoms with Gasteiger partial charge in [0.2, 0.25) is 0 Å². The lowest BCUT2D eigenvalue weighted by Crippen LogP contribution is -2.31. The predicted octanol–water partition coefficient (Wildman–Crippen LogP) is -0.769. The van der Waals surface area contributed by atoms with Gasteiger partial charge in [0.25, 0.3) is 0 Å². The minimum absolute atomic E-state index is 0.427. The Morgan fingerprint density at radius 2 is 2.56 bits per heavy atom. The molecular weight excluding hydrogens is 136 g/mol. The van der Waals surface area contributed by atoms with Gasteiger partial charge in [-0.25, -0.2) is 8.93 Å². The van der Waals surface area contributed by atoms with Crippen molar-refractivity contribution in [1.29, 1.82) is 0 Å². The summed E-state index contributed by atoms with van der Waals surface area (Å²) in [5, 5.41) is 3.18. The van der Waals surface area contributed by atoms with Gasteiger partial charge in [0.05, 0.1) is 11.0 Å². The van der Waals surface area contributed by atoms with Gasteiger partial charge in [0, 0.05) is 18.8 Å². The van der Waals surface area contributed by atoms with Crippen molar-refractivity contribution in [3.63, 3.8) is 0 Å². The average molecular weight is 148 g/mol. The van der Waals surface area contributed by atoms with Crippen molar-refractivity contribution in [1.82, 2.24) is 10.0 Å². The second-order valence-corrected chi connectivity index (χ2v) is 3.41. The minimum atomic E-state index is -0.845. The van der Waals surface area contributed by atoms with Crippen LogP contribution in [0.2, 0.25) is 0 Å². The SMILES string of the molecule is CS(=O)N[C@@H]1CCNC1. The topological polar surface area (TPSA) is 41.1 Å². The molecule has 1 unspecified atom stereocenters. The first-order chi connectivity index (χ1) is 4.29. The van der Waals surface area contributed by atoms with Gasteiger partial charge < -0.3 is 5.32 Å². The highest BCUT2D eigenvalue weighted by atomic mass is 32.2. The van der Waals surface area contributed by atoms with E-state index in [-0.39, 0.29) is 0 Å². The second-order valence-electron chi connectivity index (χ2n) is 2.26. The first-order valence-electron chi connectivity index (χ1n) is 3.09. The Kier molecular flexibility index (Phi) is 2.63. The summed E-state index contributed by atoms with van der Waals surface area (Å²) in [5.74, 6) is 0. The molecule has 9 heavy (non-hydrogen) atoms. The number of rotatable bonds is 2. The van der Waals surface area contributed by atoms with E-state index in [1.54, 1.807) is 6.26 Å². The molecule has 54 valence electrons. The minimum Gasteiger partial charge on any atom is -0.315 e. The van der Waals surface area contributed by atoms with Crippen LogP contribution in [0.4, 0.5) is 0 Å². The summed E-state index contributed by atoms with van der Waals surface area (Å²) in [5.41, 5.74) is 0. The standard InChI is InChI=1S/C5H12N2OS/c1-9(8)7-5-2-3-6-4-5/h5-7H,2-4H2,1H3/t5-,9?/m1/s1. The van der Waals surface area contributed by atoms with Crippen molar-refractivity contribution in [3.8, 4) is 0 Å². The third kappa shape index (κ3) is 2.43. The van der Waals surface area contributed by atoms with Crippen LogP contribution in [-0.4, -0.2) is 29.6 Å². The molecule has 0 aromatic rings. The van der Waals surface area contributed by atoms with E-state index in [0.29, 0.717) is 6.04 Å². The van der Waals surface area contributed by atoms with E-state index in [1.165, 1.54) is 0 Å². The molecule has 2 atom stereocenters. The molecule has 0 saturated carbocycles. The molecule has 1 aliphatic heterocycles. The molecule has 2 N–H and O–H groups in total. The van der Waals surface area contributed by atoms with E-state index in [2.05, 4.69) is 10.0 Å². The van der Waals surface area contributed by atoms with Gasteiger partial charge in [-0.3, -0.25) is 0 Å². The lowest BCUT2D eigenvalue weighted by molar-refractivity contribution is 0.639. The summed E-state index contributed by atoms with van der Waals surface area (Å²) in [6.07, 6.45) is 2.76. The molecule has 1 aliphatic rings. The molecule has 0 bridgehead atoms. The zero-order chi connectivity index (χ0) is 6.69. The first kappa shape index (κ1) is 7.18. The summed E-state index contributed by atoms with van der Waals surface area (Å²) >= 11 is 0. The summed E-state index contributed by atoms with van der Waals surface area (Å²) < 4.78 is 13.5. The normalized spacial score (nSPS) is 30.6. The Labute approximate surface area is 57.8 Å². The highest BCUT2D eigenvalue weighted by molar-refractivity contribution is 7.82. The number of hydrogen-bond acceptors (Lipinski definition) is 2. The maximum absolute atomic E-state index is 10.6. The monoisotopic (exact) mass is 148 g/mol. The van der Waals surface area contributed by atoms with Crippen molar-refractivity contribution in [2.24, 2.45) is 0 Å². The van der Waals surface area contributed by atoms with Crippen LogP contribution in [0.3, 0.4) is 0 Å². The molecule has 0 amide bonds. The van der Waals surface area contributed by atoms with Crippen molar-refractivity contribution in [2.45, 2.75) is 12.5 Å².